The summed E-state index contributed by atoms with van der Waals surface area (Å²) < 4.78 is 12.4. The second-order valence-corrected chi connectivity index (χ2v) is 13.1. The molecule has 3 aromatic carbocycles. The van der Waals surface area contributed by atoms with Gasteiger partial charge in [0.15, 0.2) is 0 Å². The second kappa shape index (κ2) is 8.65. The predicted octanol–water partition coefficient (Wildman–Crippen LogP) is 5.16. The lowest BCUT2D eigenvalue weighted by Gasteiger charge is -2.43. The molecule has 0 fully saturated rings. The van der Waals surface area contributed by atoms with Crippen molar-refractivity contribution in [3.63, 3.8) is 0 Å². The first-order valence-corrected chi connectivity index (χ1v) is 12.6. The lowest BCUT2D eigenvalue weighted by molar-refractivity contribution is 0.0715. The summed E-state index contributed by atoms with van der Waals surface area (Å²) >= 11 is 0. The molecule has 31 heavy (non-hydrogen) atoms. The van der Waals surface area contributed by atoms with Gasteiger partial charge in [0, 0.05) is 12.2 Å². The van der Waals surface area contributed by atoms with Gasteiger partial charge in [-0.1, -0.05) is 99.6 Å². The number of cyclic esters (lactones) is 1. The van der Waals surface area contributed by atoms with Crippen LogP contribution in [-0.4, -0.2) is 20.9 Å². The number of fused-ring (bicyclic) bond motifs is 1. The van der Waals surface area contributed by atoms with Crippen LogP contribution in [0.15, 0.2) is 91.0 Å². The summed E-state index contributed by atoms with van der Waals surface area (Å²) in [6, 6.07) is 28.7. The average Bonchev–Trinajstić information content (AvgIpc) is 3.10. The fourth-order valence-electron chi connectivity index (χ4n) is 4.40. The van der Waals surface area contributed by atoms with Gasteiger partial charge in [-0.15, -0.1) is 0 Å². The van der Waals surface area contributed by atoms with Gasteiger partial charge in [0.2, 0.25) is 0 Å². The Balaban J connectivity index is 1.63. The summed E-state index contributed by atoms with van der Waals surface area (Å²) in [4.78, 5) is 12.1. The molecule has 0 spiro atoms. The molecule has 0 N–H and O–H groups in total. The van der Waals surface area contributed by atoms with Crippen molar-refractivity contribution < 1.29 is 14.0 Å². The van der Waals surface area contributed by atoms with Gasteiger partial charge < -0.3 is 9.16 Å². The van der Waals surface area contributed by atoms with Crippen LogP contribution in [0.5, 0.6) is 0 Å². The molecule has 1 heterocycles. The van der Waals surface area contributed by atoms with E-state index in [9.17, 15) is 4.79 Å². The number of esters is 1. The van der Waals surface area contributed by atoms with Crippen LogP contribution in [0.4, 0.5) is 0 Å². The molecular formula is C27H28O3Si. The van der Waals surface area contributed by atoms with E-state index in [1.807, 2.05) is 36.4 Å². The van der Waals surface area contributed by atoms with E-state index in [2.05, 4.69) is 69.3 Å². The monoisotopic (exact) mass is 428 g/mol. The average molecular weight is 429 g/mol. The van der Waals surface area contributed by atoms with Crippen LogP contribution in [0.2, 0.25) is 5.04 Å². The molecule has 158 valence electrons. The van der Waals surface area contributed by atoms with Crippen LogP contribution in [-0.2, 0) is 9.16 Å². The number of carbonyl (C=O) groups excluding carboxylic acids is 1. The molecule has 0 bridgehead atoms. The SMILES string of the molecule is CC(C)(C)[Si](OCCC=C1OC(=O)c2ccccc21)(c1ccccc1)c1ccccc1. The zero-order valence-electron chi connectivity index (χ0n) is 18.3. The Hall–Kier alpha value is -2.95. The second-order valence-electron chi connectivity index (χ2n) is 8.80. The van der Waals surface area contributed by atoms with Crippen LogP contribution < -0.4 is 10.4 Å². The molecule has 0 unspecified atom stereocenters. The first kappa shape index (κ1) is 21.3. The van der Waals surface area contributed by atoms with Crippen molar-refractivity contribution in [1.29, 1.82) is 0 Å². The smallest absolute Gasteiger partial charge is 0.344 e. The van der Waals surface area contributed by atoms with Crippen LogP contribution in [0.25, 0.3) is 5.76 Å². The maximum absolute atomic E-state index is 12.1. The lowest BCUT2D eigenvalue weighted by Crippen LogP contribution is -2.66. The molecular weight excluding hydrogens is 400 g/mol. The predicted molar refractivity (Wildman–Crippen MR) is 128 cm³/mol. The van der Waals surface area contributed by atoms with Crippen molar-refractivity contribution in [1.82, 2.24) is 0 Å². The van der Waals surface area contributed by atoms with Gasteiger partial charge in [-0.25, -0.2) is 4.79 Å². The maximum Gasteiger partial charge on any atom is 0.344 e. The third-order valence-corrected chi connectivity index (χ3v) is 10.8. The summed E-state index contributed by atoms with van der Waals surface area (Å²) in [6.07, 6.45) is 2.64. The highest BCUT2D eigenvalue weighted by molar-refractivity contribution is 6.99. The van der Waals surface area contributed by atoms with Crippen molar-refractivity contribution in [2.24, 2.45) is 0 Å². The zero-order valence-corrected chi connectivity index (χ0v) is 19.3. The Morgan fingerprint density at radius 3 is 1.87 bits per heavy atom. The first-order valence-electron chi connectivity index (χ1n) is 10.7. The van der Waals surface area contributed by atoms with Crippen molar-refractivity contribution in [2.45, 2.75) is 32.2 Å². The fraction of sp³-hybridized carbons (Fsp3) is 0.222. The van der Waals surface area contributed by atoms with Crippen molar-refractivity contribution in [3.8, 4) is 0 Å². The Morgan fingerprint density at radius 1 is 0.806 bits per heavy atom. The topological polar surface area (TPSA) is 35.5 Å². The molecule has 1 aliphatic rings. The number of ether oxygens (including phenoxy) is 1. The fourth-order valence-corrected chi connectivity index (χ4v) is 8.98. The highest BCUT2D eigenvalue weighted by Crippen LogP contribution is 2.37. The molecule has 4 heteroatoms. The minimum Gasteiger partial charge on any atom is -0.423 e. The Morgan fingerprint density at radius 2 is 1.32 bits per heavy atom. The molecule has 0 atom stereocenters. The summed E-state index contributed by atoms with van der Waals surface area (Å²) in [6.45, 7) is 7.36. The van der Waals surface area contributed by atoms with Gasteiger partial charge in [0.25, 0.3) is 8.32 Å². The van der Waals surface area contributed by atoms with Gasteiger partial charge in [0.05, 0.1) is 5.56 Å². The highest BCUT2D eigenvalue weighted by Gasteiger charge is 2.49. The van der Waals surface area contributed by atoms with E-state index in [1.54, 1.807) is 6.07 Å². The lowest BCUT2D eigenvalue weighted by atomic mass is 10.1. The van der Waals surface area contributed by atoms with Crippen molar-refractivity contribution in [3.05, 3.63) is 102 Å². The number of hydrogen-bond acceptors (Lipinski definition) is 3. The van der Waals surface area contributed by atoms with E-state index < -0.39 is 8.32 Å². The standard InChI is InChI=1S/C27H28O3Si/c1-27(2,3)31(21-13-6-4-7-14-21,22-15-8-5-9-16-22)29-20-12-19-25-23-17-10-11-18-24(23)26(28)30-25/h4-11,13-19H,12,20H2,1-3H3. The van der Waals surface area contributed by atoms with E-state index in [4.69, 9.17) is 9.16 Å². The largest absolute Gasteiger partial charge is 0.423 e. The third-order valence-electron chi connectivity index (χ3n) is 5.80. The van der Waals surface area contributed by atoms with Gasteiger partial charge in [-0.2, -0.15) is 0 Å². The highest BCUT2D eigenvalue weighted by atomic mass is 28.4. The van der Waals surface area contributed by atoms with Gasteiger partial charge in [0.1, 0.15) is 5.76 Å². The Kier molecular flexibility index (Phi) is 5.94. The van der Waals surface area contributed by atoms with Crippen LogP contribution in [0.1, 0.15) is 43.1 Å². The molecule has 4 rings (SSSR count). The molecule has 0 amide bonds. The summed E-state index contributed by atoms with van der Waals surface area (Å²) in [5, 5.41) is 2.47. The van der Waals surface area contributed by atoms with E-state index in [0.717, 1.165) is 5.56 Å². The molecule has 0 radical (unpaired) electrons. The van der Waals surface area contributed by atoms with Gasteiger partial charge >= 0.3 is 5.97 Å². The van der Waals surface area contributed by atoms with Gasteiger partial charge in [-0.05, 0) is 34.0 Å². The normalized spacial score (nSPS) is 15.1. The molecule has 0 saturated heterocycles. The summed E-state index contributed by atoms with van der Waals surface area (Å²) in [5.41, 5.74) is 1.49. The summed E-state index contributed by atoms with van der Waals surface area (Å²) in [5.74, 6) is 0.349. The minimum atomic E-state index is -2.55. The van der Waals surface area contributed by atoms with Crippen LogP contribution in [0, 0.1) is 0 Å². The maximum atomic E-state index is 12.1. The first-order chi connectivity index (χ1) is 14.9. The van der Waals surface area contributed by atoms with Gasteiger partial charge in [-0.3, -0.25) is 0 Å². The van der Waals surface area contributed by atoms with E-state index in [-0.39, 0.29) is 11.0 Å². The van der Waals surface area contributed by atoms with Crippen LogP contribution in [0.3, 0.4) is 0 Å². The molecule has 0 saturated carbocycles. The third kappa shape index (κ3) is 4.01. The molecule has 3 nitrogen and oxygen atoms in total. The molecule has 3 aromatic rings. The molecule has 1 aliphatic heterocycles. The Bertz CT molecular complexity index is 1040. The molecule has 0 aromatic heterocycles. The van der Waals surface area contributed by atoms with Crippen molar-refractivity contribution in [2.75, 3.05) is 6.61 Å². The number of hydrogen-bond donors (Lipinski definition) is 0. The quantitative estimate of drug-likeness (QED) is 0.309. The van der Waals surface area contributed by atoms with E-state index in [0.29, 0.717) is 24.4 Å². The van der Waals surface area contributed by atoms with E-state index >= 15 is 0 Å². The van der Waals surface area contributed by atoms with Crippen molar-refractivity contribution >= 4 is 30.4 Å². The number of rotatable bonds is 6. The summed E-state index contributed by atoms with van der Waals surface area (Å²) in [7, 11) is -2.55. The number of benzene rings is 3. The van der Waals surface area contributed by atoms with E-state index in [1.165, 1.54) is 10.4 Å². The Labute approximate surface area is 185 Å². The molecule has 0 aliphatic carbocycles. The number of carbonyl (C=O) groups is 1. The minimum absolute atomic E-state index is 0.0602. The zero-order chi connectivity index (χ0) is 21.9. The van der Waals surface area contributed by atoms with Crippen LogP contribution >= 0.6 is 0 Å².